The first-order valence-corrected chi connectivity index (χ1v) is 11.1. The quantitative estimate of drug-likeness (QED) is 0.632. The highest BCUT2D eigenvalue weighted by Gasteiger charge is 2.58. The fourth-order valence-electron chi connectivity index (χ4n) is 6.53. The molecule has 3 aliphatic heterocycles. The van der Waals surface area contributed by atoms with Gasteiger partial charge in [-0.1, -0.05) is 0 Å². The molecule has 4 atom stereocenters. The molecule has 0 aromatic carbocycles. The number of ether oxygens (including phenoxy) is 2. The second-order valence-corrected chi connectivity index (χ2v) is 10.8. The van der Waals surface area contributed by atoms with E-state index in [4.69, 9.17) is 19.1 Å². The van der Waals surface area contributed by atoms with E-state index in [-0.39, 0.29) is 34.4 Å². The van der Waals surface area contributed by atoms with Crippen LogP contribution in [0.3, 0.4) is 0 Å². The first-order valence-electron chi connectivity index (χ1n) is 11.1. The topological polar surface area (TPSA) is 60.5 Å². The van der Waals surface area contributed by atoms with Gasteiger partial charge in [-0.2, -0.15) is 10.1 Å². The van der Waals surface area contributed by atoms with Gasteiger partial charge in [-0.15, -0.1) is 0 Å². The Morgan fingerprint density at radius 3 is 1.52 bits per heavy atom. The second-order valence-electron chi connectivity index (χ2n) is 10.8. The Morgan fingerprint density at radius 2 is 1.17 bits per heavy atom. The molecule has 0 aromatic heterocycles. The molecule has 0 radical (unpaired) electrons. The van der Waals surface area contributed by atoms with E-state index in [2.05, 4.69) is 51.7 Å². The maximum absolute atomic E-state index is 12.6. The zero-order valence-electron chi connectivity index (χ0n) is 19.5. The minimum absolute atomic E-state index is 0.199. The predicted molar refractivity (Wildman–Crippen MR) is 110 cm³/mol. The van der Waals surface area contributed by atoms with Crippen molar-refractivity contribution in [3.8, 4) is 0 Å². The molecule has 29 heavy (non-hydrogen) atoms. The number of rotatable bonds is 4. The molecule has 0 aromatic rings. The van der Waals surface area contributed by atoms with Gasteiger partial charge < -0.3 is 9.47 Å². The molecule has 4 bridgehead atoms. The van der Waals surface area contributed by atoms with Crippen molar-refractivity contribution in [2.24, 2.45) is 0 Å². The van der Waals surface area contributed by atoms with Crippen LogP contribution in [0.25, 0.3) is 0 Å². The number of nitrogens with zero attached hydrogens (tertiary/aromatic N) is 2. The maximum Gasteiger partial charge on any atom is 0.508 e. The van der Waals surface area contributed by atoms with Gasteiger partial charge >= 0.3 is 6.16 Å². The monoisotopic (exact) mass is 412 g/mol. The van der Waals surface area contributed by atoms with Crippen molar-refractivity contribution in [3.63, 3.8) is 0 Å². The molecule has 3 saturated heterocycles. The molecule has 0 saturated carbocycles. The van der Waals surface area contributed by atoms with Crippen LogP contribution in [0, 0.1) is 0 Å². The van der Waals surface area contributed by atoms with Gasteiger partial charge in [0.15, 0.2) is 0 Å². The molecule has 0 amide bonds. The van der Waals surface area contributed by atoms with Crippen LogP contribution >= 0.6 is 0 Å². The summed E-state index contributed by atoms with van der Waals surface area (Å²) in [5, 5.41) is 4.33. The average molecular weight is 413 g/mol. The third-order valence-electron chi connectivity index (χ3n) is 6.67. The van der Waals surface area contributed by atoms with Crippen molar-refractivity contribution in [2.45, 2.75) is 122 Å². The Morgan fingerprint density at radius 1 is 0.793 bits per heavy atom. The van der Waals surface area contributed by atoms with Gasteiger partial charge in [-0.25, -0.2) is 4.79 Å². The summed E-state index contributed by atoms with van der Waals surface area (Å²) < 4.78 is 11.6. The SMILES string of the molecule is CCON1C(C)(C)CC2CC1(C)CC1(C)CC(CC(C)(C)N1OCC)OC(=O)O2. The van der Waals surface area contributed by atoms with Crippen LogP contribution in [0.2, 0.25) is 0 Å². The largest absolute Gasteiger partial charge is 0.508 e. The Bertz CT molecular complexity index is 574. The molecule has 3 heterocycles. The van der Waals surface area contributed by atoms with Gasteiger partial charge in [0.1, 0.15) is 12.2 Å². The number of hydrogen-bond acceptors (Lipinski definition) is 7. The van der Waals surface area contributed by atoms with Crippen molar-refractivity contribution in [3.05, 3.63) is 0 Å². The van der Waals surface area contributed by atoms with E-state index in [1.165, 1.54) is 0 Å². The molecule has 0 N–H and O–H groups in total. The van der Waals surface area contributed by atoms with Gasteiger partial charge in [-0.3, -0.25) is 9.68 Å². The van der Waals surface area contributed by atoms with Crippen molar-refractivity contribution in [1.82, 2.24) is 10.1 Å². The zero-order valence-corrected chi connectivity index (χ0v) is 19.5. The lowest BCUT2D eigenvalue weighted by atomic mass is 9.68. The van der Waals surface area contributed by atoms with Gasteiger partial charge in [0.25, 0.3) is 0 Å². The van der Waals surface area contributed by atoms with Crippen LogP contribution in [0.1, 0.15) is 87.5 Å². The summed E-state index contributed by atoms with van der Waals surface area (Å²) in [6.07, 6.45) is 2.69. The number of hydrogen-bond donors (Lipinski definition) is 0. The van der Waals surface area contributed by atoms with Crippen LogP contribution in [-0.4, -0.2) is 63.9 Å². The molecular formula is C22H40N2O5. The highest BCUT2D eigenvalue weighted by atomic mass is 16.7. The molecule has 168 valence electrons. The molecule has 7 nitrogen and oxygen atoms in total. The zero-order chi connectivity index (χ0) is 21.7. The summed E-state index contributed by atoms with van der Waals surface area (Å²) in [6, 6.07) is 0. The smallest absolute Gasteiger partial charge is 0.431 e. The Balaban J connectivity index is 2.07. The molecule has 7 heteroatoms. The van der Waals surface area contributed by atoms with Crippen LogP contribution in [0.5, 0.6) is 0 Å². The lowest BCUT2D eigenvalue weighted by Crippen LogP contribution is -2.70. The Hall–Kier alpha value is -0.890. The van der Waals surface area contributed by atoms with E-state index in [0.29, 0.717) is 38.9 Å². The third-order valence-corrected chi connectivity index (χ3v) is 6.67. The fraction of sp³-hybridized carbons (Fsp3) is 0.955. The van der Waals surface area contributed by atoms with Crippen molar-refractivity contribution in [2.75, 3.05) is 13.2 Å². The summed E-state index contributed by atoms with van der Waals surface area (Å²) in [5.74, 6) is 0. The van der Waals surface area contributed by atoms with E-state index in [9.17, 15) is 4.79 Å². The predicted octanol–water partition coefficient (Wildman–Crippen LogP) is 4.45. The second kappa shape index (κ2) is 7.66. The molecule has 4 unspecified atom stereocenters. The Labute approximate surface area is 175 Å². The average Bonchev–Trinajstić information content (AvgIpc) is 2.52. The maximum atomic E-state index is 12.6. The van der Waals surface area contributed by atoms with E-state index in [1.807, 2.05) is 13.8 Å². The molecular weight excluding hydrogens is 372 g/mol. The van der Waals surface area contributed by atoms with Crippen LogP contribution in [0.4, 0.5) is 4.79 Å². The molecule has 3 aliphatic rings. The van der Waals surface area contributed by atoms with Gasteiger partial charge in [-0.05, 0) is 61.8 Å². The van der Waals surface area contributed by atoms with Crippen LogP contribution in [0.15, 0.2) is 0 Å². The van der Waals surface area contributed by atoms with Crippen molar-refractivity contribution >= 4 is 6.16 Å². The van der Waals surface area contributed by atoms with Crippen molar-refractivity contribution < 1.29 is 23.9 Å². The van der Waals surface area contributed by atoms with E-state index in [0.717, 1.165) is 6.42 Å². The van der Waals surface area contributed by atoms with Gasteiger partial charge in [0.2, 0.25) is 0 Å². The minimum Gasteiger partial charge on any atom is -0.431 e. The van der Waals surface area contributed by atoms with Gasteiger partial charge in [0, 0.05) is 47.8 Å². The highest BCUT2D eigenvalue weighted by Crippen LogP contribution is 2.50. The number of carbonyl (C=O) groups is 1. The van der Waals surface area contributed by atoms with Gasteiger partial charge in [0.05, 0.1) is 13.2 Å². The fourth-order valence-corrected chi connectivity index (χ4v) is 6.53. The lowest BCUT2D eigenvalue weighted by Gasteiger charge is -2.61. The van der Waals surface area contributed by atoms with E-state index in [1.54, 1.807) is 0 Å². The summed E-state index contributed by atoms with van der Waals surface area (Å²) in [7, 11) is 0. The van der Waals surface area contributed by atoms with E-state index < -0.39 is 6.16 Å². The molecule has 0 spiro atoms. The number of hydroxylamine groups is 4. The minimum atomic E-state index is -0.548. The first-order chi connectivity index (χ1) is 13.4. The van der Waals surface area contributed by atoms with E-state index >= 15 is 0 Å². The number of fused-ring (bicyclic) bond motifs is 4. The number of piperidine rings is 2. The first kappa shape index (κ1) is 22.8. The number of carbonyl (C=O) groups excluding carboxylic acids is 1. The summed E-state index contributed by atoms with van der Waals surface area (Å²) in [4.78, 5) is 25.0. The van der Waals surface area contributed by atoms with Crippen molar-refractivity contribution in [1.29, 1.82) is 0 Å². The molecule has 3 fully saturated rings. The Kier molecular flexibility index (Phi) is 6.02. The lowest BCUT2D eigenvalue weighted by molar-refractivity contribution is -0.333. The van der Waals surface area contributed by atoms with Crippen LogP contribution < -0.4 is 0 Å². The normalized spacial score (nSPS) is 40.1. The summed E-state index contributed by atoms with van der Waals surface area (Å²) in [6.45, 7) is 18.3. The summed E-state index contributed by atoms with van der Waals surface area (Å²) >= 11 is 0. The molecule has 3 rings (SSSR count). The highest BCUT2D eigenvalue weighted by molar-refractivity contribution is 5.60. The summed E-state index contributed by atoms with van der Waals surface area (Å²) in [5.41, 5.74) is -1.18. The van der Waals surface area contributed by atoms with Crippen LogP contribution in [-0.2, 0) is 19.1 Å². The third kappa shape index (κ3) is 4.29. The standard InChI is InChI=1S/C22H40N2O5/c1-9-26-23-19(3,4)11-16-13-21(23,7)15-22(8)14-17(29-18(25)28-16)12-20(5,6)24(22)27-10-2/h16-17H,9-15H2,1-8H3. The molecule has 0 aliphatic carbocycles.